The van der Waals surface area contributed by atoms with Crippen molar-refractivity contribution in [1.29, 1.82) is 0 Å². The first-order chi connectivity index (χ1) is 4.00. The average Bonchev–Trinajstić information content (AvgIpc) is 1.12. The summed E-state index contributed by atoms with van der Waals surface area (Å²) in [6.45, 7) is 0. The number of hydrogen-bond donors (Lipinski definition) is 8. The minimum absolute atomic E-state index is 0. The normalized spacial score (nSPS) is 10.0. The summed E-state index contributed by atoms with van der Waals surface area (Å²) in [4.78, 5) is 58.6. The van der Waals surface area contributed by atoms with Crippen LogP contribution in [-0.4, -0.2) is 103 Å². The quantitative estimate of drug-likeness (QED) is 0.196. The number of rotatable bonds is 0. The Balaban J connectivity index is -0.00000000970. The third kappa shape index (κ3) is 487. The summed E-state index contributed by atoms with van der Waals surface area (Å²) >= 11 is 0. The summed E-state index contributed by atoms with van der Waals surface area (Å²) in [5, 5.41) is 0. The van der Waals surface area contributed by atoms with E-state index in [1.807, 2.05) is 0 Å². The Labute approximate surface area is 108 Å². The van der Waals surface area contributed by atoms with E-state index in [9.17, 15) is 0 Å². The SMILES string of the molecule is O[Si](O)(O)O.O[Si](O)(O)O.[H-].[H-].[H-].[H-].[Mg+2].[Mg+2]. The Hall–Kier alpha value is 1.65. The summed E-state index contributed by atoms with van der Waals surface area (Å²) in [5.41, 5.74) is 0. The summed E-state index contributed by atoms with van der Waals surface area (Å²) < 4.78 is 0. The van der Waals surface area contributed by atoms with Crippen molar-refractivity contribution >= 4 is 64.2 Å². The molecule has 0 fully saturated rings. The molecule has 0 aliphatic rings. The second kappa shape index (κ2) is 9.21. The molecule has 0 spiro atoms. The fourth-order valence-corrected chi connectivity index (χ4v) is 0. The van der Waals surface area contributed by atoms with E-state index in [0.29, 0.717) is 0 Å². The van der Waals surface area contributed by atoms with Crippen LogP contribution in [0.5, 0.6) is 0 Å². The van der Waals surface area contributed by atoms with Crippen LogP contribution >= 0.6 is 0 Å². The minimum atomic E-state index is -4.61. The van der Waals surface area contributed by atoms with E-state index in [0.717, 1.165) is 0 Å². The van der Waals surface area contributed by atoms with Crippen LogP contribution < -0.4 is 0 Å². The van der Waals surface area contributed by atoms with Crippen molar-refractivity contribution in [3.8, 4) is 0 Å². The molecule has 0 radical (unpaired) electrons. The predicted octanol–water partition coefficient (Wildman–Crippen LogP) is -5.53. The molecule has 0 aromatic heterocycles. The molecule has 0 unspecified atom stereocenters. The zero-order chi connectivity index (χ0) is 9.00. The van der Waals surface area contributed by atoms with Crippen LogP contribution in [0.2, 0.25) is 0 Å². The van der Waals surface area contributed by atoms with Gasteiger partial charge >= 0.3 is 64.2 Å². The molecular formula is H12Mg2O8Si2. The molecule has 0 aromatic rings. The zero-order valence-electron chi connectivity index (χ0n) is 9.99. The fourth-order valence-electron chi connectivity index (χ4n) is 0. The van der Waals surface area contributed by atoms with Crippen molar-refractivity contribution in [2.24, 2.45) is 0 Å². The molecule has 8 nitrogen and oxygen atoms in total. The van der Waals surface area contributed by atoms with Crippen LogP contribution in [0.1, 0.15) is 5.71 Å². The summed E-state index contributed by atoms with van der Waals surface area (Å²) in [5.74, 6) is 0. The van der Waals surface area contributed by atoms with E-state index in [-0.39, 0.29) is 51.8 Å². The van der Waals surface area contributed by atoms with Crippen LogP contribution in [0, 0.1) is 0 Å². The standard InChI is InChI=1S/2Mg.2H4O4Si.4H/c;;2*1-5(2,3)4;;;;/h;;2*1-4H;;;;/q2*+2;;;4*-1. The number of hydrogen-bond acceptors (Lipinski definition) is 8. The van der Waals surface area contributed by atoms with Gasteiger partial charge in [-0.15, -0.1) is 0 Å². The first-order valence-corrected chi connectivity index (χ1v) is 5.37. The van der Waals surface area contributed by atoms with Crippen molar-refractivity contribution in [3.05, 3.63) is 0 Å². The van der Waals surface area contributed by atoms with Gasteiger partial charge in [0.05, 0.1) is 0 Å². The molecule has 0 rings (SSSR count). The maximum atomic E-state index is 7.33. The van der Waals surface area contributed by atoms with Gasteiger partial charge in [-0.2, -0.15) is 0 Å². The topological polar surface area (TPSA) is 162 Å². The van der Waals surface area contributed by atoms with Gasteiger partial charge in [-0.05, 0) is 0 Å². The van der Waals surface area contributed by atoms with Crippen LogP contribution in [0.15, 0.2) is 0 Å². The Kier molecular flexibility index (Phi) is 18.0. The molecule has 0 bridgehead atoms. The van der Waals surface area contributed by atoms with Crippen LogP contribution in [-0.2, 0) is 0 Å². The van der Waals surface area contributed by atoms with Crippen LogP contribution in [0.4, 0.5) is 0 Å². The smallest absolute Gasteiger partial charge is 1.00 e. The van der Waals surface area contributed by atoms with Gasteiger partial charge in [0.25, 0.3) is 0 Å². The van der Waals surface area contributed by atoms with Gasteiger partial charge in [-0.25, -0.2) is 0 Å². The van der Waals surface area contributed by atoms with E-state index in [1.54, 1.807) is 0 Å². The molecule has 0 aromatic carbocycles. The summed E-state index contributed by atoms with van der Waals surface area (Å²) in [7, 11) is -9.22. The van der Waals surface area contributed by atoms with Crippen molar-refractivity contribution in [3.63, 3.8) is 0 Å². The molecular weight excluding hydrogens is 233 g/mol. The van der Waals surface area contributed by atoms with Crippen LogP contribution in [0.3, 0.4) is 0 Å². The molecule has 12 heavy (non-hydrogen) atoms. The van der Waals surface area contributed by atoms with Gasteiger partial charge in [0.15, 0.2) is 0 Å². The second-order valence-corrected chi connectivity index (χ2v) is 3.60. The third-order valence-electron chi connectivity index (χ3n) is 0. The Morgan fingerprint density at radius 3 is 0.500 bits per heavy atom. The van der Waals surface area contributed by atoms with E-state index >= 15 is 0 Å². The maximum Gasteiger partial charge on any atom is 2.00 e. The van der Waals surface area contributed by atoms with E-state index in [4.69, 9.17) is 38.4 Å². The zero-order valence-corrected chi connectivity index (χ0v) is 10.8. The Morgan fingerprint density at radius 1 is 0.500 bits per heavy atom. The Bertz CT molecular complexity index is 71.0. The van der Waals surface area contributed by atoms with Gasteiger partial charge in [0.2, 0.25) is 0 Å². The van der Waals surface area contributed by atoms with Gasteiger partial charge < -0.3 is 44.1 Å². The first kappa shape index (κ1) is 23.5. The van der Waals surface area contributed by atoms with Gasteiger partial charge in [0, 0.05) is 0 Å². The van der Waals surface area contributed by atoms with Crippen molar-refractivity contribution in [2.75, 3.05) is 0 Å². The maximum absolute atomic E-state index is 7.33. The summed E-state index contributed by atoms with van der Waals surface area (Å²) in [6, 6.07) is 0. The molecule has 0 saturated carbocycles. The molecule has 0 heterocycles. The molecule has 0 aliphatic heterocycles. The monoisotopic (exact) mass is 244 g/mol. The molecule has 0 amide bonds. The minimum Gasteiger partial charge on any atom is -1.00 e. The predicted molar refractivity (Wildman–Crippen MR) is 45.2 cm³/mol. The van der Waals surface area contributed by atoms with Crippen molar-refractivity contribution in [1.82, 2.24) is 0 Å². The molecule has 0 saturated heterocycles. The third-order valence-corrected chi connectivity index (χ3v) is 0. The molecule has 8 N–H and O–H groups in total. The average molecular weight is 245 g/mol. The molecule has 12 heteroatoms. The largest absolute Gasteiger partial charge is 2.00 e. The van der Waals surface area contributed by atoms with Crippen molar-refractivity contribution in [2.45, 2.75) is 0 Å². The summed E-state index contributed by atoms with van der Waals surface area (Å²) in [6.07, 6.45) is 0. The van der Waals surface area contributed by atoms with E-state index < -0.39 is 18.1 Å². The Morgan fingerprint density at radius 2 is 0.500 bits per heavy atom. The van der Waals surface area contributed by atoms with Gasteiger partial charge in [0.1, 0.15) is 0 Å². The molecule has 0 atom stereocenters. The van der Waals surface area contributed by atoms with E-state index in [1.165, 1.54) is 0 Å². The fraction of sp³-hybridized carbons (Fsp3) is 0. The van der Waals surface area contributed by atoms with Crippen LogP contribution in [0.25, 0.3) is 0 Å². The van der Waals surface area contributed by atoms with Crippen molar-refractivity contribution < 1.29 is 44.1 Å². The first-order valence-electron chi connectivity index (χ1n) is 1.79. The second-order valence-electron chi connectivity index (χ2n) is 1.20. The van der Waals surface area contributed by atoms with Gasteiger partial charge in [-0.3, -0.25) is 0 Å². The molecule has 72 valence electrons. The van der Waals surface area contributed by atoms with Gasteiger partial charge in [-0.1, -0.05) is 0 Å². The van der Waals surface area contributed by atoms with E-state index in [2.05, 4.69) is 0 Å². The molecule has 0 aliphatic carbocycles.